The second kappa shape index (κ2) is 7.86. The van der Waals surface area contributed by atoms with E-state index in [1.807, 2.05) is 0 Å². The monoisotopic (exact) mass is 370 g/mol. The predicted molar refractivity (Wildman–Crippen MR) is 92.5 cm³/mol. The third kappa shape index (κ3) is 4.41. The van der Waals surface area contributed by atoms with Gasteiger partial charge in [-0.05, 0) is 66.7 Å². The molecule has 0 atom stereocenters. The summed E-state index contributed by atoms with van der Waals surface area (Å²) < 4.78 is 44.3. The molecule has 3 rings (SSSR count). The van der Waals surface area contributed by atoms with Gasteiger partial charge in [0.05, 0.1) is 0 Å². The van der Waals surface area contributed by atoms with Gasteiger partial charge in [-0.3, -0.25) is 9.59 Å². The maximum atomic E-state index is 13.2. The van der Waals surface area contributed by atoms with Gasteiger partial charge in [0.15, 0.2) is 29.8 Å². The van der Waals surface area contributed by atoms with Gasteiger partial charge in [-0.25, -0.2) is 13.2 Å². The number of carbonyl (C=O) groups is 2. The van der Waals surface area contributed by atoms with Crippen LogP contribution in [0.2, 0.25) is 0 Å². The number of carbonyl (C=O) groups excluding carboxylic acids is 2. The summed E-state index contributed by atoms with van der Waals surface area (Å²) in [5.74, 6) is -3.03. The average Bonchev–Trinajstić information content (AvgIpc) is 2.68. The molecule has 0 aromatic heterocycles. The Bertz CT molecular complexity index is 981. The van der Waals surface area contributed by atoms with Crippen molar-refractivity contribution in [1.82, 2.24) is 0 Å². The molecule has 0 saturated carbocycles. The van der Waals surface area contributed by atoms with Gasteiger partial charge in [-0.2, -0.15) is 0 Å². The first-order chi connectivity index (χ1) is 12.9. The van der Waals surface area contributed by atoms with Gasteiger partial charge in [-0.15, -0.1) is 0 Å². The number of ether oxygens (including phenoxy) is 1. The van der Waals surface area contributed by atoms with Crippen molar-refractivity contribution in [3.8, 4) is 5.75 Å². The van der Waals surface area contributed by atoms with E-state index < -0.39 is 23.2 Å². The van der Waals surface area contributed by atoms with Crippen molar-refractivity contribution in [2.75, 3.05) is 6.61 Å². The third-order valence-corrected chi connectivity index (χ3v) is 3.83. The van der Waals surface area contributed by atoms with Crippen molar-refractivity contribution >= 4 is 11.6 Å². The zero-order chi connectivity index (χ0) is 19.4. The summed E-state index contributed by atoms with van der Waals surface area (Å²) >= 11 is 0. The van der Waals surface area contributed by atoms with Crippen LogP contribution in [0, 0.1) is 17.5 Å². The molecule has 3 aromatic rings. The Morgan fingerprint density at radius 3 is 1.85 bits per heavy atom. The Labute approximate surface area is 153 Å². The van der Waals surface area contributed by atoms with Gasteiger partial charge in [0.2, 0.25) is 0 Å². The molecule has 0 aliphatic carbocycles. The molecule has 0 aliphatic rings. The van der Waals surface area contributed by atoms with Crippen LogP contribution in [0.15, 0.2) is 66.7 Å². The number of ketones is 2. The molecule has 6 heteroatoms. The van der Waals surface area contributed by atoms with E-state index in [1.54, 1.807) is 0 Å². The molecule has 0 saturated heterocycles. The van der Waals surface area contributed by atoms with Crippen LogP contribution in [0.3, 0.4) is 0 Å². The molecule has 0 bridgehead atoms. The highest BCUT2D eigenvalue weighted by atomic mass is 19.2. The summed E-state index contributed by atoms with van der Waals surface area (Å²) in [6.45, 7) is -0.365. The lowest BCUT2D eigenvalue weighted by Gasteiger charge is -2.07. The molecule has 3 aromatic carbocycles. The first-order valence-electron chi connectivity index (χ1n) is 7.95. The summed E-state index contributed by atoms with van der Waals surface area (Å²) in [6.07, 6.45) is 0. The van der Waals surface area contributed by atoms with Crippen molar-refractivity contribution in [3.63, 3.8) is 0 Å². The van der Waals surface area contributed by atoms with Crippen LogP contribution in [0.1, 0.15) is 26.3 Å². The van der Waals surface area contributed by atoms with E-state index in [1.165, 1.54) is 54.6 Å². The van der Waals surface area contributed by atoms with E-state index in [0.717, 1.165) is 12.1 Å². The van der Waals surface area contributed by atoms with Crippen molar-refractivity contribution in [2.24, 2.45) is 0 Å². The quantitative estimate of drug-likeness (QED) is 0.596. The van der Waals surface area contributed by atoms with Crippen LogP contribution in [-0.4, -0.2) is 18.2 Å². The van der Waals surface area contributed by atoms with Crippen LogP contribution >= 0.6 is 0 Å². The summed E-state index contributed by atoms with van der Waals surface area (Å²) in [4.78, 5) is 24.3. The topological polar surface area (TPSA) is 43.4 Å². The van der Waals surface area contributed by atoms with Crippen molar-refractivity contribution < 1.29 is 27.5 Å². The molecular weight excluding hydrogens is 357 g/mol. The first kappa shape index (κ1) is 18.4. The fourth-order valence-electron chi connectivity index (χ4n) is 2.37. The number of benzene rings is 3. The molecule has 0 spiro atoms. The lowest BCUT2D eigenvalue weighted by molar-refractivity contribution is 0.0920. The lowest BCUT2D eigenvalue weighted by atomic mass is 10.0. The second-order valence-electron chi connectivity index (χ2n) is 5.70. The number of hydrogen-bond donors (Lipinski definition) is 0. The van der Waals surface area contributed by atoms with E-state index in [0.29, 0.717) is 16.9 Å². The van der Waals surface area contributed by atoms with Crippen LogP contribution in [0.4, 0.5) is 13.2 Å². The van der Waals surface area contributed by atoms with Gasteiger partial charge in [0, 0.05) is 16.7 Å². The van der Waals surface area contributed by atoms with E-state index in [4.69, 9.17) is 4.74 Å². The molecule has 0 aliphatic heterocycles. The highest BCUT2D eigenvalue weighted by Crippen LogP contribution is 2.17. The maximum Gasteiger partial charge on any atom is 0.200 e. The lowest BCUT2D eigenvalue weighted by Crippen LogP contribution is -2.12. The molecular formula is C21H13F3O3. The van der Waals surface area contributed by atoms with Crippen molar-refractivity contribution in [3.05, 3.63) is 101 Å². The van der Waals surface area contributed by atoms with Crippen LogP contribution in [-0.2, 0) is 0 Å². The molecule has 27 heavy (non-hydrogen) atoms. The molecule has 0 radical (unpaired) electrons. The van der Waals surface area contributed by atoms with E-state index >= 15 is 0 Å². The number of halogens is 3. The van der Waals surface area contributed by atoms with Gasteiger partial charge >= 0.3 is 0 Å². The molecule has 0 fully saturated rings. The van der Waals surface area contributed by atoms with Crippen LogP contribution in [0.5, 0.6) is 5.75 Å². The Kier molecular flexibility index (Phi) is 5.35. The fraction of sp³-hybridized carbons (Fsp3) is 0.0476. The first-order valence-corrected chi connectivity index (χ1v) is 7.95. The molecule has 0 N–H and O–H groups in total. The Hall–Kier alpha value is -3.41. The average molecular weight is 370 g/mol. The van der Waals surface area contributed by atoms with Gasteiger partial charge in [-0.1, -0.05) is 0 Å². The zero-order valence-corrected chi connectivity index (χ0v) is 13.9. The predicted octanol–water partition coefficient (Wildman–Crippen LogP) is 4.60. The summed E-state index contributed by atoms with van der Waals surface area (Å²) in [5, 5.41) is 0. The Balaban J connectivity index is 1.63. The fourth-order valence-corrected chi connectivity index (χ4v) is 2.37. The zero-order valence-electron chi connectivity index (χ0n) is 13.9. The largest absolute Gasteiger partial charge is 0.485 e. The van der Waals surface area contributed by atoms with Crippen molar-refractivity contribution in [1.29, 1.82) is 0 Å². The summed E-state index contributed by atoms with van der Waals surface area (Å²) in [6, 6.07) is 14.1. The molecule has 0 unspecified atom stereocenters. The highest BCUT2D eigenvalue weighted by Gasteiger charge is 2.12. The van der Waals surface area contributed by atoms with Gasteiger partial charge in [0.25, 0.3) is 0 Å². The SMILES string of the molecule is O=C(COc1ccc(C(=O)c2ccc(F)cc2)cc1)c1ccc(F)c(F)c1. The highest BCUT2D eigenvalue weighted by molar-refractivity contribution is 6.09. The van der Waals surface area contributed by atoms with E-state index in [-0.39, 0.29) is 18.0 Å². The third-order valence-electron chi connectivity index (χ3n) is 3.83. The molecule has 3 nitrogen and oxygen atoms in total. The summed E-state index contributed by atoms with van der Waals surface area (Å²) in [7, 11) is 0. The standard InChI is InChI=1S/C21H13F3O3/c22-16-6-1-13(2-7-16)21(26)14-3-8-17(9-4-14)27-12-20(25)15-5-10-18(23)19(24)11-15/h1-11H,12H2. The summed E-state index contributed by atoms with van der Waals surface area (Å²) in [5.41, 5.74) is 0.719. The van der Waals surface area contributed by atoms with Crippen LogP contribution in [0.25, 0.3) is 0 Å². The van der Waals surface area contributed by atoms with E-state index in [9.17, 15) is 22.8 Å². The smallest absolute Gasteiger partial charge is 0.200 e. The Morgan fingerprint density at radius 2 is 1.26 bits per heavy atom. The van der Waals surface area contributed by atoms with Crippen LogP contribution < -0.4 is 4.74 Å². The van der Waals surface area contributed by atoms with E-state index in [2.05, 4.69) is 0 Å². The minimum atomic E-state index is -1.11. The molecule has 0 amide bonds. The number of hydrogen-bond acceptors (Lipinski definition) is 3. The Morgan fingerprint density at radius 1 is 0.704 bits per heavy atom. The van der Waals surface area contributed by atoms with Crippen molar-refractivity contribution in [2.45, 2.75) is 0 Å². The maximum absolute atomic E-state index is 13.2. The van der Waals surface area contributed by atoms with Gasteiger partial charge in [0.1, 0.15) is 11.6 Å². The second-order valence-corrected chi connectivity index (χ2v) is 5.70. The minimum Gasteiger partial charge on any atom is -0.485 e. The molecule has 0 heterocycles. The minimum absolute atomic E-state index is 0.00277. The van der Waals surface area contributed by atoms with Gasteiger partial charge < -0.3 is 4.74 Å². The number of rotatable bonds is 6. The molecule has 136 valence electrons. The number of Topliss-reactive ketones (excluding diaryl/α,β-unsaturated/α-hetero) is 1. The normalized spacial score (nSPS) is 10.5.